The van der Waals surface area contributed by atoms with Crippen molar-refractivity contribution < 1.29 is 18.5 Å². The summed E-state index contributed by atoms with van der Waals surface area (Å²) in [6.45, 7) is 3.12. The second-order valence-electron chi connectivity index (χ2n) is 2.65. The Hall–Kier alpha value is -0.940. The number of carbonyl (C=O) groups is 1. The molecule has 1 amide bonds. The molecule has 0 aliphatic rings. The van der Waals surface area contributed by atoms with Crippen LogP contribution in [0.3, 0.4) is 0 Å². The highest BCUT2D eigenvalue weighted by Gasteiger charge is 2.19. The van der Waals surface area contributed by atoms with E-state index in [-0.39, 0.29) is 5.75 Å². The van der Waals surface area contributed by atoms with Crippen LogP contribution in [-0.4, -0.2) is 39.2 Å². The van der Waals surface area contributed by atoms with E-state index in [4.69, 9.17) is 9.49 Å². The minimum Gasteiger partial charge on any atom is -0.289 e. The van der Waals surface area contributed by atoms with E-state index in [1.54, 1.807) is 6.92 Å². The molecule has 0 bridgehead atoms. The molecule has 0 heterocycles. The van der Waals surface area contributed by atoms with Gasteiger partial charge in [-0.1, -0.05) is 5.92 Å². The normalized spacial score (nSPS) is 13.9. The van der Waals surface area contributed by atoms with Gasteiger partial charge in [-0.15, -0.1) is 5.92 Å². The zero-order chi connectivity index (χ0) is 11.8. The lowest BCUT2D eigenvalue weighted by molar-refractivity contribution is -0.144. The lowest BCUT2D eigenvalue weighted by Crippen LogP contribution is -2.42. The van der Waals surface area contributed by atoms with Gasteiger partial charge in [0.1, 0.15) is 11.8 Å². The first kappa shape index (κ1) is 14.1. The summed E-state index contributed by atoms with van der Waals surface area (Å²) in [7, 11) is 1.44. The topological polar surface area (TPSA) is 78.9 Å². The summed E-state index contributed by atoms with van der Waals surface area (Å²) >= 11 is -1.60. The lowest BCUT2D eigenvalue weighted by Gasteiger charge is -2.20. The van der Waals surface area contributed by atoms with Crippen molar-refractivity contribution >= 4 is 17.0 Å². The second kappa shape index (κ2) is 7.36. The molecule has 0 aliphatic heterocycles. The number of hydrogen-bond donors (Lipinski definition) is 2. The first-order valence-electron chi connectivity index (χ1n) is 4.16. The molecule has 6 nitrogen and oxygen atoms in total. The zero-order valence-electron chi connectivity index (χ0n) is 8.81. The highest BCUT2D eigenvalue weighted by Crippen LogP contribution is 1.99. The molecule has 0 aromatic rings. The Morgan fingerprint density at radius 3 is 2.80 bits per heavy atom. The van der Waals surface area contributed by atoms with Crippen LogP contribution in [0.4, 0.5) is 0 Å². The van der Waals surface area contributed by atoms with Crippen LogP contribution in [0.5, 0.6) is 0 Å². The molecule has 2 unspecified atom stereocenters. The lowest BCUT2D eigenvalue weighted by atomic mass is 10.3. The van der Waals surface area contributed by atoms with Crippen molar-refractivity contribution in [2.24, 2.45) is 0 Å². The molecule has 2 N–H and O–H groups in total. The van der Waals surface area contributed by atoms with Gasteiger partial charge in [-0.2, -0.15) is 9.35 Å². The predicted molar refractivity (Wildman–Crippen MR) is 54.7 cm³/mol. The Morgan fingerprint density at radius 1 is 1.73 bits per heavy atom. The quantitative estimate of drug-likeness (QED) is 0.378. The number of carbonyl (C=O) groups excluding carboxylic acids is 1. The third kappa shape index (κ3) is 5.49. The SMILES string of the molecule is CC#CCS(=O)ON(C)C(C)C(=O)NO. The first-order valence-corrected chi connectivity index (χ1v) is 5.40. The average molecular weight is 234 g/mol. The summed E-state index contributed by atoms with van der Waals surface area (Å²) in [6.07, 6.45) is 0. The van der Waals surface area contributed by atoms with Gasteiger partial charge in [-0.05, 0) is 13.8 Å². The molecular formula is C8H14N2O4S. The minimum absolute atomic E-state index is 0.0777. The Kier molecular flexibility index (Phi) is 6.90. The fourth-order valence-electron chi connectivity index (χ4n) is 0.612. The summed E-state index contributed by atoms with van der Waals surface area (Å²) in [5, 5.41) is 9.45. The van der Waals surface area contributed by atoms with Crippen molar-refractivity contribution in [3.05, 3.63) is 0 Å². The van der Waals surface area contributed by atoms with Crippen LogP contribution >= 0.6 is 0 Å². The van der Waals surface area contributed by atoms with Gasteiger partial charge < -0.3 is 0 Å². The number of nitrogens with one attached hydrogen (secondary N) is 1. The summed E-state index contributed by atoms with van der Waals surface area (Å²) in [6, 6.07) is -0.742. The molecule has 15 heavy (non-hydrogen) atoms. The molecule has 0 aromatic heterocycles. The van der Waals surface area contributed by atoms with Gasteiger partial charge in [0, 0.05) is 7.05 Å². The maximum Gasteiger partial charge on any atom is 0.262 e. The third-order valence-corrected chi connectivity index (χ3v) is 2.38. The van der Waals surface area contributed by atoms with E-state index in [0.717, 1.165) is 5.06 Å². The smallest absolute Gasteiger partial charge is 0.262 e. The summed E-state index contributed by atoms with van der Waals surface area (Å²) in [4.78, 5) is 10.9. The molecule has 0 aromatic carbocycles. The van der Waals surface area contributed by atoms with Crippen molar-refractivity contribution in [3.63, 3.8) is 0 Å². The Bertz CT molecular complexity index is 297. The summed E-state index contributed by atoms with van der Waals surface area (Å²) in [5.41, 5.74) is 1.47. The van der Waals surface area contributed by atoms with Crippen LogP contribution < -0.4 is 5.48 Å². The number of likely N-dealkylation sites (N-methyl/N-ethyl adjacent to an activating group) is 1. The molecule has 0 rings (SSSR count). The van der Waals surface area contributed by atoms with Crippen LogP contribution in [0.2, 0.25) is 0 Å². The number of hydrogen-bond acceptors (Lipinski definition) is 5. The number of rotatable bonds is 5. The van der Waals surface area contributed by atoms with Crippen molar-refractivity contribution in [3.8, 4) is 11.8 Å². The minimum atomic E-state index is -1.60. The molecule has 0 saturated heterocycles. The molecule has 0 saturated carbocycles. The van der Waals surface area contributed by atoms with Crippen molar-refractivity contribution in [2.45, 2.75) is 19.9 Å². The van der Waals surface area contributed by atoms with Gasteiger partial charge in [0.25, 0.3) is 5.91 Å². The summed E-state index contributed by atoms with van der Waals surface area (Å²) in [5.74, 6) is 4.59. The van der Waals surface area contributed by atoms with Crippen LogP contribution in [0.15, 0.2) is 0 Å². The van der Waals surface area contributed by atoms with Crippen LogP contribution in [0.25, 0.3) is 0 Å². The molecule has 7 heteroatoms. The Balaban J connectivity index is 4.10. The first-order chi connectivity index (χ1) is 7.02. The molecular weight excluding hydrogens is 220 g/mol. The summed E-state index contributed by atoms with van der Waals surface area (Å²) < 4.78 is 16.0. The standard InChI is InChI=1S/C8H14N2O4S/c1-4-5-6-15(13)14-10(3)7(2)8(11)9-12/h7,12H,6H2,1-3H3,(H,9,11). The Labute approximate surface area is 91.2 Å². The maximum atomic E-state index is 11.2. The van der Waals surface area contributed by atoms with E-state index in [0.29, 0.717) is 0 Å². The van der Waals surface area contributed by atoms with Crippen LogP contribution in [0, 0.1) is 11.8 Å². The van der Waals surface area contributed by atoms with Gasteiger partial charge in [0.2, 0.25) is 0 Å². The average Bonchev–Trinajstić information content (AvgIpc) is 2.23. The molecule has 2 atom stereocenters. The highest BCUT2D eigenvalue weighted by molar-refractivity contribution is 7.80. The van der Waals surface area contributed by atoms with E-state index in [9.17, 15) is 9.00 Å². The van der Waals surface area contributed by atoms with E-state index in [2.05, 4.69) is 11.8 Å². The van der Waals surface area contributed by atoms with Gasteiger partial charge in [0.15, 0.2) is 11.1 Å². The second-order valence-corrected chi connectivity index (χ2v) is 3.69. The molecule has 0 radical (unpaired) electrons. The monoisotopic (exact) mass is 234 g/mol. The molecule has 0 spiro atoms. The molecule has 0 aliphatic carbocycles. The number of amides is 1. The fourth-order valence-corrected chi connectivity index (χ4v) is 1.32. The molecule has 0 fully saturated rings. The van der Waals surface area contributed by atoms with Crippen molar-refractivity contribution in [1.29, 1.82) is 0 Å². The van der Waals surface area contributed by atoms with Gasteiger partial charge in [0.05, 0.1) is 0 Å². The predicted octanol–water partition coefficient (Wildman–Crippen LogP) is -0.569. The van der Waals surface area contributed by atoms with Crippen LogP contribution in [-0.2, 0) is 20.2 Å². The van der Waals surface area contributed by atoms with Crippen LogP contribution in [0.1, 0.15) is 13.8 Å². The van der Waals surface area contributed by atoms with Crippen molar-refractivity contribution in [2.75, 3.05) is 12.8 Å². The fraction of sp³-hybridized carbons (Fsp3) is 0.625. The van der Waals surface area contributed by atoms with Crippen molar-refractivity contribution in [1.82, 2.24) is 10.5 Å². The van der Waals surface area contributed by atoms with E-state index in [1.807, 2.05) is 0 Å². The highest BCUT2D eigenvalue weighted by atomic mass is 32.2. The van der Waals surface area contributed by atoms with Gasteiger partial charge in [-0.25, -0.2) is 9.69 Å². The van der Waals surface area contributed by atoms with E-state index in [1.165, 1.54) is 19.5 Å². The number of hydroxylamine groups is 3. The largest absolute Gasteiger partial charge is 0.289 e. The van der Waals surface area contributed by atoms with E-state index < -0.39 is 23.0 Å². The Morgan fingerprint density at radius 2 is 2.33 bits per heavy atom. The molecule has 86 valence electrons. The number of nitrogens with zero attached hydrogens (tertiary/aromatic N) is 1. The van der Waals surface area contributed by atoms with Gasteiger partial charge >= 0.3 is 0 Å². The van der Waals surface area contributed by atoms with E-state index >= 15 is 0 Å². The maximum absolute atomic E-state index is 11.2. The van der Waals surface area contributed by atoms with Gasteiger partial charge in [-0.3, -0.25) is 10.0 Å². The third-order valence-electron chi connectivity index (χ3n) is 1.60. The zero-order valence-corrected chi connectivity index (χ0v) is 9.63.